The molecule has 0 aliphatic heterocycles. The van der Waals surface area contributed by atoms with Crippen LogP contribution < -0.4 is 11.1 Å². The van der Waals surface area contributed by atoms with Crippen LogP contribution in [0.5, 0.6) is 0 Å². The molecule has 1 heterocycles. The molecule has 0 spiro atoms. The number of nitrogens with one attached hydrogen (secondary N) is 1. The van der Waals surface area contributed by atoms with Crippen molar-refractivity contribution < 1.29 is 9.72 Å². The van der Waals surface area contributed by atoms with Gasteiger partial charge in [0.25, 0.3) is 11.6 Å². The van der Waals surface area contributed by atoms with E-state index in [4.69, 9.17) is 5.73 Å². The summed E-state index contributed by atoms with van der Waals surface area (Å²) in [5.74, 6) is 0.299. The molecule has 1 fully saturated rings. The number of hydrogen-bond donors (Lipinski definition) is 2. The third-order valence-corrected chi connectivity index (χ3v) is 3.41. The summed E-state index contributed by atoms with van der Waals surface area (Å²) in [4.78, 5) is 25.7. The number of nitro groups is 1. The molecule has 1 saturated carbocycles. The maximum absolute atomic E-state index is 11.9. The minimum atomic E-state index is -0.632. The third kappa shape index (κ3) is 3.18. The third-order valence-electron chi connectivity index (χ3n) is 3.41. The number of nitrogens with two attached hydrogens (primary N) is 1. The molecule has 0 unspecified atom stereocenters. The number of nitrogen functional groups attached to an aromatic ring is 1. The molecule has 0 saturated heterocycles. The number of anilines is 1. The standard InChI is InChI=1S/C12H16N4O3/c13-11-6-9(10(7-15-11)16(18)19)12(17)14-5-4-8-2-1-3-8/h6-8H,1-5H2,(H2,13,15)(H,14,17). The molecule has 7 nitrogen and oxygen atoms in total. The average molecular weight is 264 g/mol. The van der Waals surface area contributed by atoms with Crippen LogP contribution in [0.2, 0.25) is 0 Å². The van der Waals surface area contributed by atoms with Gasteiger partial charge in [-0.3, -0.25) is 14.9 Å². The van der Waals surface area contributed by atoms with Crippen LogP contribution in [-0.4, -0.2) is 22.4 Å². The smallest absolute Gasteiger partial charge is 0.300 e. The van der Waals surface area contributed by atoms with E-state index in [0.717, 1.165) is 12.6 Å². The molecule has 102 valence electrons. The largest absolute Gasteiger partial charge is 0.384 e. The SMILES string of the molecule is Nc1cc(C(=O)NCCC2CCC2)c([N+](=O)[O-])cn1. The molecular weight excluding hydrogens is 248 g/mol. The van der Waals surface area contributed by atoms with E-state index < -0.39 is 10.8 Å². The molecule has 0 atom stereocenters. The molecule has 1 aromatic rings. The van der Waals surface area contributed by atoms with Gasteiger partial charge in [-0.15, -0.1) is 0 Å². The molecule has 7 heteroatoms. The number of hydrogen-bond acceptors (Lipinski definition) is 5. The lowest BCUT2D eigenvalue weighted by molar-refractivity contribution is -0.385. The Labute approximate surface area is 110 Å². The van der Waals surface area contributed by atoms with Gasteiger partial charge < -0.3 is 11.1 Å². The number of amides is 1. The molecule has 0 radical (unpaired) electrons. The first-order chi connectivity index (χ1) is 9.08. The Morgan fingerprint density at radius 1 is 1.58 bits per heavy atom. The Morgan fingerprint density at radius 2 is 2.32 bits per heavy atom. The molecule has 1 amide bonds. The van der Waals surface area contributed by atoms with Gasteiger partial charge >= 0.3 is 0 Å². The topological polar surface area (TPSA) is 111 Å². The quantitative estimate of drug-likeness (QED) is 0.618. The van der Waals surface area contributed by atoms with Crippen molar-refractivity contribution in [2.24, 2.45) is 5.92 Å². The van der Waals surface area contributed by atoms with E-state index in [1.165, 1.54) is 25.3 Å². The van der Waals surface area contributed by atoms with Crippen molar-refractivity contribution in [3.63, 3.8) is 0 Å². The van der Waals surface area contributed by atoms with Gasteiger partial charge in [0.2, 0.25) is 0 Å². The fourth-order valence-electron chi connectivity index (χ4n) is 2.06. The van der Waals surface area contributed by atoms with Gasteiger partial charge in [-0.05, 0) is 18.4 Å². The lowest BCUT2D eigenvalue weighted by Crippen LogP contribution is -2.28. The highest BCUT2D eigenvalue weighted by Crippen LogP contribution is 2.28. The fraction of sp³-hybridized carbons (Fsp3) is 0.500. The molecule has 19 heavy (non-hydrogen) atoms. The summed E-state index contributed by atoms with van der Waals surface area (Å²) >= 11 is 0. The van der Waals surface area contributed by atoms with Gasteiger partial charge in [0.1, 0.15) is 17.6 Å². The van der Waals surface area contributed by atoms with Gasteiger partial charge in [-0.25, -0.2) is 4.98 Å². The predicted molar refractivity (Wildman–Crippen MR) is 69.6 cm³/mol. The molecule has 2 rings (SSSR count). The molecule has 0 bridgehead atoms. The van der Waals surface area contributed by atoms with Crippen LogP contribution in [0.1, 0.15) is 36.0 Å². The molecule has 1 aliphatic rings. The molecule has 3 N–H and O–H groups in total. The maximum Gasteiger partial charge on any atom is 0.300 e. The first kappa shape index (κ1) is 13.3. The Bertz CT molecular complexity index is 500. The summed E-state index contributed by atoms with van der Waals surface area (Å²) in [5, 5.41) is 13.5. The summed E-state index contributed by atoms with van der Waals surface area (Å²) < 4.78 is 0. The zero-order valence-corrected chi connectivity index (χ0v) is 10.5. The van der Waals surface area contributed by atoms with Gasteiger partial charge in [-0.1, -0.05) is 19.3 Å². The minimum Gasteiger partial charge on any atom is -0.384 e. The lowest BCUT2D eigenvalue weighted by Gasteiger charge is -2.25. The van der Waals surface area contributed by atoms with Crippen molar-refractivity contribution in [2.75, 3.05) is 12.3 Å². The summed E-state index contributed by atoms with van der Waals surface area (Å²) in [6.07, 6.45) is 5.59. The van der Waals surface area contributed by atoms with Gasteiger partial charge in [0.15, 0.2) is 0 Å². The Hall–Kier alpha value is -2.18. The van der Waals surface area contributed by atoms with Crippen molar-refractivity contribution in [1.29, 1.82) is 0 Å². The van der Waals surface area contributed by atoms with Crippen LogP contribution >= 0.6 is 0 Å². The van der Waals surface area contributed by atoms with Gasteiger partial charge in [0, 0.05) is 6.54 Å². The van der Waals surface area contributed by atoms with E-state index in [9.17, 15) is 14.9 Å². The number of carbonyl (C=O) groups excluding carboxylic acids is 1. The van der Waals surface area contributed by atoms with Crippen molar-refractivity contribution in [1.82, 2.24) is 10.3 Å². The zero-order chi connectivity index (χ0) is 13.8. The number of pyridine rings is 1. The summed E-state index contributed by atoms with van der Waals surface area (Å²) in [5.41, 5.74) is 5.10. The van der Waals surface area contributed by atoms with Crippen LogP contribution in [-0.2, 0) is 0 Å². The van der Waals surface area contributed by atoms with E-state index >= 15 is 0 Å². The van der Waals surface area contributed by atoms with Crippen LogP contribution in [0.25, 0.3) is 0 Å². The highest BCUT2D eigenvalue weighted by molar-refractivity contribution is 5.98. The second-order valence-electron chi connectivity index (χ2n) is 4.72. The normalized spacial score (nSPS) is 14.7. The van der Waals surface area contributed by atoms with Crippen molar-refractivity contribution in [3.8, 4) is 0 Å². The number of aromatic nitrogens is 1. The summed E-state index contributed by atoms with van der Waals surface area (Å²) in [6.45, 7) is 0.531. The van der Waals surface area contributed by atoms with Crippen molar-refractivity contribution in [3.05, 3.63) is 27.9 Å². The Kier molecular flexibility index (Phi) is 3.94. The monoisotopic (exact) mass is 264 g/mol. The molecule has 1 aromatic heterocycles. The second kappa shape index (κ2) is 5.64. The maximum atomic E-state index is 11.9. The lowest BCUT2D eigenvalue weighted by atomic mass is 9.83. The zero-order valence-electron chi connectivity index (χ0n) is 10.5. The van der Waals surface area contributed by atoms with E-state index in [-0.39, 0.29) is 17.1 Å². The predicted octanol–water partition coefficient (Wildman–Crippen LogP) is 1.49. The van der Waals surface area contributed by atoms with E-state index in [1.54, 1.807) is 0 Å². The molecule has 0 aromatic carbocycles. The van der Waals surface area contributed by atoms with Crippen molar-refractivity contribution >= 4 is 17.4 Å². The highest BCUT2D eigenvalue weighted by Gasteiger charge is 2.22. The fourth-order valence-corrected chi connectivity index (χ4v) is 2.06. The summed E-state index contributed by atoms with van der Waals surface area (Å²) in [7, 11) is 0. The molecular formula is C12H16N4O3. The summed E-state index contributed by atoms with van der Waals surface area (Å²) in [6, 6.07) is 1.23. The van der Waals surface area contributed by atoms with E-state index in [0.29, 0.717) is 12.5 Å². The van der Waals surface area contributed by atoms with Crippen LogP contribution in [0.15, 0.2) is 12.3 Å². The number of nitrogens with zero attached hydrogens (tertiary/aromatic N) is 2. The first-order valence-electron chi connectivity index (χ1n) is 6.26. The van der Waals surface area contributed by atoms with Gasteiger partial charge in [0.05, 0.1) is 4.92 Å². The molecule has 1 aliphatic carbocycles. The van der Waals surface area contributed by atoms with Crippen LogP contribution in [0.3, 0.4) is 0 Å². The van der Waals surface area contributed by atoms with Gasteiger partial charge in [-0.2, -0.15) is 0 Å². The minimum absolute atomic E-state index is 0.0360. The van der Waals surface area contributed by atoms with Crippen LogP contribution in [0.4, 0.5) is 11.5 Å². The average Bonchev–Trinajstić information content (AvgIpc) is 2.31. The van der Waals surface area contributed by atoms with Crippen LogP contribution in [0, 0.1) is 16.0 Å². The van der Waals surface area contributed by atoms with E-state index in [1.807, 2.05) is 0 Å². The Balaban J connectivity index is 2.00. The Morgan fingerprint density at radius 3 is 2.89 bits per heavy atom. The highest BCUT2D eigenvalue weighted by atomic mass is 16.6. The first-order valence-corrected chi connectivity index (χ1v) is 6.26. The van der Waals surface area contributed by atoms with E-state index in [2.05, 4.69) is 10.3 Å². The number of rotatable bonds is 5. The van der Waals surface area contributed by atoms with Crippen molar-refractivity contribution in [2.45, 2.75) is 25.7 Å². The second-order valence-corrected chi connectivity index (χ2v) is 4.72. The number of carbonyl (C=O) groups is 1.